The number of thioether (sulfide) groups is 1. The number of nitrogens with zero attached hydrogens (tertiary/aromatic N) is 2. The smallest absolute Gasteiger partial charge is 0.313 e. The van der Waals surface area contributed by atoms with Gasteiger partial charge in [0.1, 0.15) is 5.82 Å². The first kappa shape index (κ1) is 13.6. The molecule has 0 aliphatic rings. The van der Waals surface area contributed by atoms with Crippen molar-refractivity contribution in [3.8, 4) is 5.69 Å². The van der Waals surface area contributed by atoms with Crippen molar-refractivity contribution in [1.82, 2.24) is 9.55 Å². The molecule has 4 nitrogen and oxygen atoms in total. The number of carbonyl (C=O) groups is 1. The van der Waals surface area contributed by atoms with Crippen LogP contribution in [0.25, 0.3) is 5.69 Å². The minimum atomic E-state index is -0.928. The Kier molecular flexibility index (Phi) is 3.90. The third-order valence-corrected chi connectivity index (χ3v) is 3.58. The van der Waals surface area contributed by atoms with Gasteiger partial charge < -0.3 is 5.11 Å². The van der Waals surface area contributed by atoms with Gasteiger partial charge >= 0.3 is 5.97 Å². The van der Waals surface area contributed by atoms with E-state index in [-0.39, 0.29) is 11.6 Å². The molecule has 0 bridgehead atoms. The van der Waals surface area contributed by atoms with Crippen molar-refractivity contribution < 1.29 is 14.3 Å². The van der Waals surface area contributed by atoms with Gasteiger partial charge in [0.05, 0.1) is 11.4 Å². The zero-order valence-corrected chi connectivity index (χ0v) is 11.4. The molecular formula is C13H13FN2O2S. The van der Waals surface area contributed by atoms with E-state index in [4.69, 9.17) is 5.11 Å². The molecule has 0 spiro atoms. The van der Waals surface area contributed by atoms with Crippen LogP contribution in [0.5, 0.6) is 0 Å². The Hall–Kier alpha value is -1.82. The van der Waals surface area contributed by atoms with Gasteiger partial charge in [-0.3, -0.25) is 9.36 Å². The van der Waals surface area contributed by atoms with Gasteiger partial charge in [0, 0.05) is 11.9 Å². The van der Waals surface area contributed by atoms with E-state index in [1.54, 1.807) is 16.8 Å². The Morgan fingerprint density at radius 2 is 2.21 bits per heavy atom. The Morgan fingerprint density at radius 1 is 1.47 bits per heavy atom. The van der Waals surface area contributed by atoms with Crippen LogP contribution in [0.15, 0.2) is 29.6 Å². The SMILES string of the molecule is Cc1cccc(F)c1-n1c(C)cnc1SCC(=O)O. The molecule has 2 aromatic rings. The molecular weight excluding hydrogens is 267 g/mol. The summed E-state index contributed by atoms with van der Waals surface area (Å²) in [4.78, 5) is 14.8. The highest BCUT2D eigenvalue weighted by Crippen LogP contribution is 2.26. The van der Waals surface area contributed by atoms with Crippen molar-refractivity contribution in [3.63, 3.8) is 0 Å². The van der Waals surface area contributed by atoms with Gasteiger partial charge in [-0.25, -0.2) is 9.37 Å². The topological polar surface area (TPSA) is 55.1 Å². The predicted molar refractivity (Wildman–Crippen MR) is 71.4 cm³/mol. The Bertz CT molecular complexity index is 605. The maximum Gasteiger partial charge on any atom is 0.313 e. The summed E-state index contributed by atoms with van der Waals surface area (Å²) < 4.78 is 15.6. The van der Waals surface area contributed by atoms with Crippen LogP contribution in [0.2, 0.25) is 0 Å². The molecule has 1 heterocycles. The van der Waals surface area contributed by atoms with Gasteiger partial charge in [-0.15, -0.1) is 0 Å². The highest BCUT2D eigenvalue weighted by atomic mass is 32.2. The summed E-state index contributed by atoms with van der Waals surface area (Å²) in [5.74, 6) is -1.38. The molecule has 0 fully saturated rings. The highest BCUT2D eigenvalue weighted by Gasteiger charge is 2.16. The summed E-state index contributed by atoms with van der Waals surface area (Å²) in [6.45, 7) is 3.62. The lowest BCUT2D eigenvalue weighted by Gasteiger charge is -2.13. The van der Waals surface area contributed by atoms with Crippen LogP contribution in [0.3, 0.4) is 0 Å². The number of para-hydroxylation sites is 1. The Labute approximate surface area is 114 Å². The predicted octanol–water partition coefficient (Wildman–Crippen LogP) is 2.80. The van der Waals surface area contributed by atoms with Crippen molar-refractivity contribution in [2.24, 2.45) is 0 Å². The van der Waals surface area contributed by atoms with Gasteiger partial charge in [-0.1, -0.05) is 23.9 Å². The number of aryl methyl sites for hydroxylation is 2. The highest BCUT2D eigenvalue weighted by molar-refractivity contribution is 7.99. The molecule has 1 aromatic heterocycles. The van der Waals surface area contributed by atoms with E-state index in [1.165, 1.54) is 6.07 Å². The zero-order chi connectivity index (χ0) is 14.0. The summed E-state index contributed by atoms with van der Waals surface area (Å²) in [7, 11) is 0. The fourth-order valence-electron chi connectivity index (χ4n) is 1.82. The molecule has 0 unspecified atom stereocenters. The molecule has 0 saturated heterocycles. The second-order valence-electron chi connectivity index (χ2n) is 4.11. The maximum atomic E-state index is 14.0. The van der Waals surface area contributed by atoms with Crippen molar-refractivity contribution >= 4 is 17.7 Å². The summed E-state index contributed by atoms with van der Waals surface area (Å²) in [6.07, 6.45) is 1.61. The van der Waals surface area contributed by atoms with Crippen LogP contribution < -0.4 is 0 Å². The lowest BCUT2D eigenvalue weighted by Crippen LogP contribution is -2.06. The van der Waals surface area contributed by atoms with Gasteiger partial charge in [0.2, 0.25) is 0 Å². The van der Waals surface area contributed by atoms with Crippen LogP contribution in [-0.2, 0) is 4.79 Å². The minimum Gasteiger partial charge on any atom is -0.481 e. The fourth-order valence-corrected chi connectivity index (χ4v) is 2.57. The molecule has 1 aromatic carbocycles. The molecule has 0 radical (unpaired) electrons. The molecule has 0 aliphatic heterocycles. The molecule has 0 atom stereocenters. The molecule has 2 rings (SSSR count). The van der Waals surface area contributed by atoms with Crippen molar-refractivity contribution in [1.29, 1.82) is 0 Å². The molecule has 0 amide bonds. The van der Waals surface area contributed by atoms with Crippen molar-refractivity contribution in [3.05, 3.63) is 41.5 Å². The number of hydrogen-bond acceptors (Lipinski definition) is 3. The number of aliphatic carboxylic acids is 1. The van der Waals surface area contributed by atoms with Crippen LogP contribution in [-0.4, -0.2) is 26.4 Å². The average Bonchev–Trinajstić information content (AvgIpc) is 2.69. The first-order valence-electron chi connectivity index (χ1n) is 5.65. The molecule has 100 valence electrons. The molecule has 0 saturated carbocycles. The quantitative estimate of drug-likeness (QED) is 0.875. The number of imidazole rings is 1. The Balaban J connectivity index is 2.49. The zero-order valence-electron chi connectivity index (χ0n) is 10.6. The molecule has 1 N–H and O–H groups in total. The monoisotopic (exact) mass is 280 g/mol. The fraction of sp³-hybridized carbons (Fsp3) is 0.231. The summed E-state index contributed by atoms with van der Waals surface area (Å²) in [6, 6.07) is 4.83. The second kappa shape index (κ2) is 5.44. The lowest BCUT2D eigenvalue weighted by molar-refractivity contribution is -0.133. The van der Waals surface area contributed by atoms with E-state index >= 15 is 0 Å². The van der Waals surface area contributed by atoms with Gasteiger partial charge in [0.25, 0.3) is 0 Å². The largest absolute Gasteiger partial charge is 0.481 e. The number of halogens is 1. The number of aromatic nitrogens is 2. The van der Waals surface area contributed by atoms with E-state index in [1.807, 2.05) is 19.9 Å². The van der Waals surface area contributed by atoms with E-state index in [0.717, 1.165) is 23.0 Å². The number of carboxylic acid groups (broad SMARTS) is 1. The second-order valence-corrected chi connectivity index (χ2v) is 5.05. The van der Waals surface area contributed by atoms with E-state index in [0.29, 0.717) is 10.8 Å². The standard InChI is InChI=1S/C13H13FN2O2S/c1-8-4-3-5-10(14)12(8)16-9(2)6-15-13(16)19-7-11(17)18/h3-6H,7H2,1-2H3,(H,17,18). The number of carboxylic acids is 1. The minimum absolute atomic E-state index is 0.107. The van der Waals surface area contributed by atoms with Crippen LogP contribution in [0.1, 0.15) is 11.3 Å². The summed E-state index contributed by atoms with van der Waals surface area (Å²) >= 11 is 1.07. The van der Waals surface area contributed by atoms with E-state index in [2.05, 4.69) is 4.98 Å². The average molecular weight is 280 g/mol. The maximum absolute atomic E-state index is 14.0. The van der Waals surface area contributed by atoms with Gasteiger partial charge in [0.15, 0.2) is 5.16 Å². The van der Waals surface area contributed by atoms with Crippen molar-refractivity contribution in [2.75, 3.05) is 5.75 Å². The van der Waals surface area contributed by atoms with Crippen molar-refractivity contribution in [2.45, 2.75) is 19.0 Å². The van der Waals surface area contributed by atoms with Gasteiger partial charge in [-0.2, -0.15) is 0 Å². The van der Waals surface area contributed by atoms with Crippen LogP contribution in [0.4, 0.5) is 4.39 Å². The van der Waals surface area contributed by atoms with Gasteiger partial charge in [-0.05, 0) is 25.5 Å². The molecule has 0 aliphatic carbocycles. The summed E-state index contributed by atoms with van der Waals surface area (Å²) in [5, 5.41) is 9.20. The van der Waals surface area contributed by atoms with Crippen LogP contribution >= 0.6 is 11.8 Å². The lowest BCUT2D eigenvalue weighted by atomic mass is 10.2. The normalized spacial score (nSPS) is 10.7. The molecule has 6 heteroatoms. The first-order valence-corrected chi connectivity index (χ1v) is 6.63. The third-order valence-electron chi connectivity index (χ3n) is 2.64. The van der Waals surface area contributed by atoms with E-state index < -0.39 is 5.97 Å². The number of benzene rings is 1. The number of hydrogen-bond donors (Lipinski definition) is 1. The number of rotatable bonds is 4. The Morgan fingerprint density at radius 3 is 2.84 bits per heavy atom. The van der Waals surface area contributed by atoms with Crippen LogP contribution in [0, 0.1) is 19.7 Å². The van der Waals surface area contributed by atoms with E-state index in [9.17, 15) is 9.18 Å². The third kappa shape index (κ3) is 2.78. The first-order chi connectivity index (χ1) is 9.00. The molecule has 19 heavy (non-hydrogen) atoms. The summed E-state index contributed by atoms with van der Waals surface area (Å²) in [5.41, 5.74) is 1.96.